The van der Waals surface area contributed by atoms with Gasteiger partial charge in [0.05, 0.1) is 5.69 Å². The standard InChI is InChI=1S/C16H27N3/c1-14-7-8-16(18-12-14)13-17-9-5-11-19-10-4-3-6-15(19)2/h7-8,12,15,17H,3-6,9-11,13H2,1-2H3. The van der Waals surface area contributed by atoms with Gasteiger partial charge >= 0.3 is 0 Å². The Morgan fingerprint density at radius 1 is 1.37 bits per heavy atom. The molecular weight excluding hydrogens is 234 g/mol. The number of pyridine rings is 1. The second-order valence-corrected chi connectivity index (χ2v) is 5.74. The van der Waals surface area contributed by atoms with Gasteiger partial charge in [0.2, 0.25) is 0 Å². The molecule has 3 heteroatoms. The first-order chi connectivity index (χ1) is 9.25. The lowest BCUT2D eigenvalue weighted by atomic mass is 10.0. The normalized spacial score (nSPS) is 20.6. The monoisotopic (exact) mass is 261 g/mol. The maximum absolute atomic E-state index is 4.40. The Balaban J connectivity index is 1.58. The molecule has 2 rings (SSSR count). The van der Waals surface area contributed by atoms with E-state index in [9.17, 15) is 0 Å². The van der Waals surface area contributed by atoms with Crippen LogP contribution >= 0.6 is 0 Å². The third-order valence-corrected chi connectivity index (χ3v) is 4.02. The summed E-state index contributed by atoms with van der Waals surface area (Å²) in [5.41, 5.74) is 2.36. The number of aryl methyl sites for hydroxylation is 1. The van der Waals surface area contributed by atoms with E-state index in [0.717, 1.165) is 24.8 Å². The van der Waals surface area contributed by atoms with Crippen LogP contribution in [0.5, 0.6) is 0 Å². The zero-order valence-corrected chi connectivity index (χ0v) is 12.4. The summed E-state index contributed by atoms with van der Waals surface area (Å²) in [5.74, 6) is 0. The highest BCUT2D eigenvalue weighted by Gasteiger charge is 2.16. The fraction of sp³-hybridized carbons (Fsp3) is 0.688. The predicted octanol–water partition coefficient (Wildman–Crippen LogP) is 2.74. The van der Waals surface area contributed by atoms with Gasteiger partial charge in [0.1, 0.15) is 0 Å². The molecule has 0 spiro atoms. The Kier molecular flexibility index (Phi) is 5.80. The summed E-state index contributed by atoms with van der Waals surface area (Å²) < 4.78 is 0. The summed E-state index contributed by atoms with van der Waals surface area (Å²) in [6.07, 6.45) is 7.34. The van der Waals surface area contributed by atoms with E-state index >= 15 is 0 Å². The average molecular weight is 261 g/mol. The third kappa shape index (κ3) is 4.92. The first-order valence-corrected chi connectivity index (χ1v) is 7.62. The lowest BCUT2D eigenvalue weighted by Gasteiger charge is -2.33. The van der Waals surface area contributed by atoms with Gasteiger partial charge in [-0.05, 0) is 64.4 Å². The van der Waals surface area contributed by atoms with E-state index in [1.807, 2.05) is 6.20 Å². The van der Waals surface area contributed by atoms with Crippen molar-refractivity contribution in [2.24, 2.45) is 0 Å². The van der Waals surface area contributed by atoms with Crippen molar-refractivity contribution in [1.29, 1.82) is 0 Å². The van der Waals surface area contributed by atoms with Gasteiger partial charge in [-0.2, -0.15) is 0 Å². The van der Waals surface area contributed by atoms with Crippen molar-refractivity contribution in [1.82, 2.24) is 15.2 Å². The number of hydrogen-bond donors (Lipinski definition) is 1. The summed E-state index contributed by atoms with van der Waals surface area (Å²) in [5, 5.41) is 3.49. The van der Waals surface area contributed by atoms with Crippen molar-refractivity contribution in [2.45, 2.75) is 52.1 Å². The van der Waals surface area contributed by atoms with Crippen LogP contribution in [0.2, 0.25) is 0 Å². The number of hydrogen-bond acceptors (Lipinski definition) is 3. The van der Waals surface area contributed by atoms with Gasteiger partial charge in [-0.25, -0.2) is 0 Å². The highest BCUT2D eigenvalue weighted by molar-refractivity contribution is 5.11. The molecule has 1 fully saturated rings. The van der Waals surface area contributed by atoms with Crippen molar-refractivity contribution in [3.8, 4) is 0 Å². The zero-order valence-electron chi connectivity index (χ0n) is 12.4. The number of rotatable bonds is 6. The van der Waals surface area contributed by atoms with Gasteiger partial charge in [-0.15, -0.1) is 0 Å². The first-order valence-electron chi connectivity index (χ1n) is 7.62. The molecule has 1 N–H and O–H groups in total. The molecule has 1 atom stereocenters. The quantitative estimate of drug-likeness (QED) is 0.798. The SMILES string of the molecule is Cc1ccc(CNCCCN2CCCCC2C)nc1. The Hall–Kier alpha value is -0.930. The Morgan fingerprint density at radius 2 is 2.26 bits per heavy atom. The van der Waals surface area contributed by atoms with Gasteiger partial charge in [0.15, 0.2) is 0 Å². The molecule has 0 saturated carbocycles. The van der Waals surface area contributed by atoms with Crippen LogP contribution in [0.15, 0.2) is 18.3 Å². The molecule has 1 aliphatic heterocycles. The summed E-state index contributed by atoms with van der Waals surface area (Å²) in [7, 11) is 0. The molecule has 1 aromatic heterocycles. The van der Waals surface area contributed by atoms with E-state index in [4.69, 9.17) is 0 Å². The van der Waals surface area contributed by atoms with Crippen LogP contribution in [-0.4, -0.2) is 35.6 Å². The van der Waals surface area contributed by atoms with Crippen LogP contribution in [-0.2, 0) is 6.54 Å². The van der Waals surface area contributed by atoms with E-state index < -0.39 is 0 Å². The second-order valence-electron chi connectivity index (χ2n) is 5.74. The number of likely N-dealkylation sites (tertiary alicyclic amines) is 1. The van der Waals surface area contributed by atoms with Gasteiger partial charge < -0.3 is 10.2 Å². The number of nitrogens with zero attached hydrogens (tertiary/aromatic N) is 2. The lowest BCUT2D eigenvalue weighted by molar-refractivity contribution is 0.159. The highest BCUT2D eigenvalue weighted by atomic mass is 15.2. The minimum absolute atomic E-state index is 0.785. The molecule has 0 aromatic carbocycles. The van der Waals surface area contributed by atoms with Crippen LogP contribution in [0, 0.1) is 6.92 Å². The third-order valence-electron chi connectivity index (χ3n) is 4.02. The fourth-order valence-electron chi connectivity index (χ4n) is 2.72. The van der Waals surface area contributed by atoms with Gasteiger partial charge in [-0.1, -0.05) is 12.5 Å². The molecule has 0 bridgehead atoms. The molecule has 0 aliphatic carbocycles. The van der Waals surface area contributed by atoms with E-state index in [-0.39, 0.29) is 0 Å². The van der Waals surface area contributed by atoms with Crippen LogP contribution in [0.25, 0.3) is 0 Å². The molecular formula is C16H27N3. The van der Waals surface area contributed by atoms with Crippen LogP contribution in [0.3, 0.4) is 0 Å². The Bertz CT molecular complexity index is 361. The predicted molar refractivity (Wildman–Crippen MR) is 80.2 cm³/mol. The van der Waals surface area contributed by atoms with Crippen LogP contribution < -0.4 is 5.32 Å². The number of nitrogens with one attached hydrogen (secondary N) is 1. The fourth-order valence-corrected chi connectivity index (χ4v) is 2.72. The highest BCUT2D eigenvalue weighted by Crippen LogP contribution is 2.16. The Labute approximate surface area is 117 Å². The van der Waals surface area contributed by atoms with Gasteiger partial charge in [0, 0.05) is 18.8 Å². The Morgan fingerprint density at radius 3 is 3.00 bits per heavy atom. The van der Waals surface area contributed by atoms with Crippen molar-refractivity contribution in [3.05, 3.63) is 29.6 Å². The molecule has 1 aliphatic rings. The second kappa shape index (κ2) is 7.61. The molecule has 1 saturated heterocycles. The zero-order chi connectivity index (χ0) is 13.5. The van der Waals surface area contributed by atoms with E-state index in [1.54, 1.807) is 0 Å². The molecule has 3 nitrogen and oxygen atoms in total. The van der Waals surface area contributed by atoms with Crippen molar-refractivity contribution >= 4 is 0 Å². The topological polar surface area (TPSA) is 28.2 Å². The maximum atomic E-state index is 4.40. The molecule has 1 unspecified atom stereocenters. The van der Waals surface area contributed by atoms with E-state index in [0.29, 0.717) is 0 Å². The molecule has 2 heterocycles. The molecule has 1 aromatic rings. The maximum Gasteiger partial charge on any atom is 0.0541 e. The summed E-state index contributed by atoms with van der Waals surface area (Å²) in [6, 6.07) is 5.02. The van der Waals surface area contributed by atoms with Gasteiger partial charge in [-0.3, -0.25) is 4.98 Å². The minimum atomic E-state index is 0.785. The largest absolute Gasteiger partial charge is 0.311 e. The minimum Gasteiger partial charge on any atom is -0.311 e. The molecule has 106 valence electrons. The van der Waals surface area contributed by atoms with Crippen LogP contribution in [0.1, 0.15) is 43.9 Å². The van der Waals surface area contributed by atoms with Gasteiger partial charge in [0.25, 0.3) is 0 Å². The summed E-state index contributed by atoms with van der Waals surface area (Å²) in [6.45, 7) is 8.93. The number of aromatic nitrogens is 1. The first kappa shape index (κ1) is 14.5. The molecule has 0 radical (unpaired) electrons. The van der Waals surface area contributed by atoms with Crippen LogP contribution in [0.4, 0.5) is 0 Å². The van der Waals surface area contributed by atoms with E-state index in [2.05, 4.69) is 41.2 Å². The molecule has 19 heavy (non-hydrogen) atoms. The van der Waals surface area contributed by atoms with Crippen molar-refractivity contribution in [2.75, 3.05) is 19.6 Å². The number of piperidine rings is 1. The smallest absolute Gasteiger partial charge is 0.0541 e. The molecule has 0 amide bonds. The van der Waals surface area contributed by atoms with Crippen molar-refractivity contribution in [3.63, 3.8) is 0 Å². The van der Waals surface area contributed by atoms with E-state index in [1.165, 1.54) is 44.3 Å². The lowest BCUT2D eigenvalue weighted by Crippen LogP contribution is -2.38. The average Bonchev–Trinajstić information content (AvgIpc) is 2.42. The summed E-state index contributed by atoms with van der Waals surface area (Å²) in [4.78, 5) is 7.04. The summed E-state index contributed by atoms with van der Waals surface area (Å²) >= 11 is 0. The van der Waals surface area contributed by atoms with Crippen molar-refractivity contribution < 1.29 is 0 Å².